The van der Waals surface area contributed by atoms with Crippen LogP contribution in [0.4, 0.5) is 5.82 Å². The third kappa shape index (κ3) is 4.91. The van der Waals surface area contributed by atoms with Crippen molar-refractivity contribution in [3.05, 3.63) is 42.7 Å². The highest BCUT2D eigenvalue weighted by molar-refractivity contribution is 7.21. The van der Waals surface area contributed by atoms with E-state index >= 15 is 0 Å². The zero-order valence-electron chi connectivity index (χ0n) is 18.5. The number of thiophene rings is 1. The molecule has 0 spiro atoms. The Balaban J connectivity index is 1.37. The molecule has 0 unspecified atom stereocenters. The molecule has 0 aliphatic carbocycles. The van der Waals surface area contributed by atoms with E-state index in [-0.39, 0.29) is 17.8 Å². The highest BCUT2D eigenvalue weighted by atomic mass is 32.1. The SMILES string of the molecule is CCOC(=O)C1CCN(C(=O)CCN(C)c2ncnc3sc(-c4ccccc4)cc23)CC1. The average molecular weight is 453 g/mol. The molecule has 0 N–H and O–H groups in total. The number of ether oxygens (including phenoxy) is 1. The Morgan fingerprint density at radius 1 is 1.19 bits per heavy atom. The second-order valence-corrected chi connectivity index (χ2v) is 9.00. The number of carbonyl (C=O) groups excluding carboxylic acids is 2. The van der Waals surface area contributed by atoms with E-state index in [9.17, 15) is 9.59 Å². The van der Waals surface area contributed by atoms with Crippen LogP contribution in [-0.4, -0.2) is 60.0 Å². The number of anilines is 1. The molecule has 1 saturated heterocycles. The minimum absolute atomic E-state index is 0.0895. The zero-order valence-corrected chi connectivity index (χ0v) is 19.3. The number of carbonyl (C=O) groups is 2. The number of hydrogen-bond acceptors (Lipinski definition) is 7. The maximum atomic E-state index is 12.7. The highest BCUT2D eigenvalue weighted by Gasteiger charge is 2.28. The molecule has 3 heterocycles. The molecule has 1 amide bonds. The van der Waals surface area contributed by atoms with Crippen LogP contribution >= 0.6 is 11.3 Å². The number of nitrogens with zero attached hydrogens (tertiary/aromatic N) is 4. The van der Waals surface area contributed by atoms with Gasteiger partial charge < -0.3 is 14.5 Å². The van der Waals surface area contributed by atoms with Gasteiger partial charge in [0.1, 0.15) is 17.0 Å². The van der Waals surface area contributed by atoms with E-state index < -0.39 is 0 Å². The van der Waals surface area contributed by atoms with Gasteiger partial charge in [-0.15, -0.1) is 11.3 Å². The van der Waals surface area contributed by atoms with Gasteiger partial charge in [0.2, 0.25) is 5.91 Å². The number of hydrogen-bond donors (Lipinski definition) is 0. The summed E-state index contributed by atoms with van der Waals surface area (Å²) in [6.45, 7) is 4.00. The Morgan fingerprint density at radius 3 is 2.66 bits per heavy atom. The molecule has 0 bridgehead atoms. The summed E-state index contributed by atoms with van der Waals surface area (Å²) < 4.78 is 5.11. The second kappa shape index (κ2) is 10.1. The minimum Gasteiger partial charge on any atom is -0.466 e. The molecule has 0 saturated carbocycles. The lowest BCUT2D eigenvalue weighted by Gasteiger charge is -2.31. The van der Waals surface area contributed by atoms with Crippen molar-refractivity contribution in [2.75, 3.05) is 38.2 Å². The summed E-state index contributed by atoms with van der Waals surface area (Å²) in [6.07, 6.45) is 3.33. The van der Waals surface area contributed by atoms with Crippen molar-refractivity contribution in [3.8, 4) is 10.4 Å². The average Bonchev–Trinajstić information content (AvgIpc) is 3.28. The maximum Gasteiger partial charge on any atom is 0.309 e. The summed E-state index contributed by atoms with van der Waals surface area (Å²) in [4.78, 5) is 39.5. The quantitative estimate of drug-likeness (QED) is 0.505. The molecule has 1 aliphatic rings. The van der Waals surface area contributed by atoms with E-state index in [4.69, 9.17) is 4.74 Å². The summed E-state index contributed by atoms with van der Waals surface area (Å²) in [5.41, 5.74) is 1.16. The van der Waals surface area contributed by atoms with Crippen molar-refractivity contribution in [1.29, 1.82) is 0 Å². The first-order valence-electron chi connectivity index (χ1n) is 11.0. The van der Waals surface area contributed by atoms with Gasteiger partial charge in [0.25, 0.3) is 0 Å². The van der Waals surface area contributed by atoms with Crippen LogP contribution in [0.3, 0.4) is 0 Å². The van der Waals surface area contributed by atoms with Crippen LogP contribution in [-0.2, 0) is 14.3 Å². The first-order chi connectivity index (χ1) is 15.6. The Hall–Kier alpha value is -3.00. The van der Waals surface area contributed by atoms with Crippen LogP contribution in [0.5, 0.6) is 0 Å². The van der Waals surface area contributed by atoms with Gasteiger partial charge in [0.05, 0.1) is 17.9 Å². The smallest absolute Gasteiger partial charge is 0.309 e. The largest absolute Gasteiger partial charge is 0.466 e. The lowest BCUT2D eigenvalue weighted by atomic mass is 9.97. The molecule has 1 fully saturated rings. The zero-order chi connectivity index (χ0) is 22.5. The second-order valence-electron chi connectivity index (χ2n) is 7.97. The number of rotatable bonds is 7. The monoisotopic (exact) mass is 452 g/mol. The van der Waals surface area contributed by atoms with Crippen LogP contribution in [0.25, 0.3) is 20.7 Å². The van der Waals surface area contributed by atoms with Crippen molar-refractivity contribution < 1.29 is 14.3 Å². The van der Waals surface area contributed by atoms with Gasteiger partial charge in [-0.1, -0.05) is 30.3 Å². The Kier molecular flexibility index (Phi) is 6.99. The van der Waals surface area contributed by atoms with Crippen LogP contribution in [0.2, 0.25) is 0 Å². The summed E-state index contributed by atoms with van der Waals surface area (Å²) >= 11 is 1.64. The van der Waals surface area contributed by atoms with E-state index in [1.807, 2.05) is 42.0 Å². The van der Waals surface area contributed by atoms with Gasteiger partial charge in [0, 0.05) is 38.0 Å². The molecule has 168 valence electrons. The fraction of sp³-hybridized carbons (Fsp3) is 0.417. The standard InChI is InChI=1S/C24H28N4O3S/c1-3-31-24(30)18-9-13-28(14-10-18)21(29)11-12-27(2)22-19-15-20(17-7-5-4-6-8-17)32-23(19)26-16-25-22/h4-8,15-16,18H,3,9-14H2,1-2H3. The number of aromatic nitrogens is 2. The Labute approximate surface area is 192 Å². The van der Waals surface area contributed by atoms with Crippen molar-refractivity contribution in [3.63, 3.8) is 0 Å². The maximum absolute atomic E-state index is 12.7. The molecule has 0 atom stereocenters. The van der Waals surface area contributed by atoms with Crippen molar-refractivity contribution in [2.24, 2.45) is 5.92 Å². The van der Waals surface area contributed by atoms with Gasteiger partial charge in [0.15, 0.2) is 0 Å². The van der Waals surface area contributed by atoms with Crippen LogP contribution in [0.15, 0.2) is 42.7 Å². The molecule has 2 aromatic heterocycles. The predicted molar refractivity (Wildman–Crippen MR) is 127 cm³/mol. The van der Waals surface area contributed by atoms with E-state index in [0.717, 1.165) is 26.5 Å². The molecule has 32 heavy (non-hydrogen) atoms. The fourth-order valence-electron chi connectivity index (χ4n) is 4.04. The Bertz CT molecular complexity index is 1080. The summed E-state index contributed by atoms with van der Waals surface area (Å²) in [7, 11) is 1.96. The van der Waals surface area contributed by atoms with Crippen LogP contribution in [0.1, 0.15) is 26.2 Å². The van der Waals surface area contributed by atoms with Gasteiger partial charge in [-0.3, -0.25) is 9.59 Å². The van der Waals surface area contributed by atoms with Gasteiger partial charge in [-0.05, 0) is 31.4 Å². The molecule has 3 aromatic rings. The molecule has 4 rings (SSSR count). The first kappa shape index (κ1) is 22.2. The molecule has 0 radical (unpaired) electrons. The number of benzene rings is 1. The summed E-state index contributed by atoms with van der Waals surface area (Å²) in [6, 6.07) is 12.4. The number of esters is 1. The van der Waals surface area contributed by atoms with E-state index in [2.05, 4.69) is 28.2 Å². The van der Waals surface area contributed by atoms with E-state index in [0.29, 0.717) is 45.5 Å². The van der Waals surface area contributed by atoms with E-state index in [1.165, 1.54) is 0 Å². The third-order valence-electron chi connectivity index (χ3n) is 5.86. The minimum atomic E-state index is -0.141. The predicted octanol–water partition coefficient (Wildman–Crippen LogP) is 3.99. The number of piperidine rings is 1. The van der Waals surface area contributed by atoms with Crippen molar-refractivity contribution in [1.82, 2.24) is 14.9 Å². The van der Waals surface area contributed by atoms with Crippen molar-refractivity contribution >= 4 is 39.2 Å². The Morgan fingerprint density at radius 2 is 1.94 bits per heavy atom. The number of amides is 1. The fourth-order valence-corrected chi connectivity index (χ4v) is 5.04. The molecule has 1 aromatic carbocycles. The number of likely N-dealkylation sites (tertiary alicyclic amines) is 1. The number of fused-ring (bicyclic) bond motifs is 1. The normalized spacial score (nSPS) is 14.5. The molecule has 1 aliphatic heterocycles. The van der Waals surface area contributed by atoms with E-state index in [1.54, 1.807) is 17.7 Å². The third-order valence-corrected chi connectivity index (χ3v) is 6.95. The highest BCUT2D eigenvalue weighted by Crippen LogP contribution is 2.35. The van der Waals surface area contributed by atoms with Gasteiger partial charge in [-0.25, -0.2) is 9.97 Å². The molecule has 8 heteroatoms. The summed E-state index contributed by atoms with van der Waals surface area (Å²) in [5, 5.41) is 1.00. The van der Waals surface area contributed by atoms with Gasteiger partial charge in [-0.2, -0.15) is 0 Å². The topological polar surface area (TPSA) is 75.6 Å². The van der Waals surface area contributed by atoms with Gasteiger partial charge >= 0.3 is 5.97 Å². The molecular formula is C24H28N4O3S. The lowest BCUT2D eigenvalue weighted by Crippen LogP contribution is -2.41. The molecular weight excluding hydrogens is 424 g/mol. The molecule has 7 nitrogen and oxygen atoms in total. The lowest BCUT2D eigenvalue weighted by molar-refractivity contribution is -0.151. The summed E-state index contributed by atoms with van der Waals surface area (Å²) in [5.74, 6) is 0.716. The first-order valence-corrected chi connectivity index (χ1v) is 11.8. The van der Waals surface area contributed by atoms with Crippen LogP contribution in [0, 0.1) is 5.92 Å². The van der Waals surface area contributed by atoms with Crippen LogP contribution < -0.4 is 4.90 Å². The van der Waals surface area contributed by atoms with Crippen molar-refractivity contribution in [2.45, 2.75) is 26.2 Å².